The van der Waals surface area contributed by atoms with Crippen molar-refractivity contribution in [3.8, 4) is 5.75 Å². The Bertz CT molecular complexity index is 958. The van der Waals surface area contributed by atoms with Gasteiger partial charge in [0.05, 0.1) is 24.2 Å². The molecule has 1 aromatic heterocycles. The van der Waals surface area contributed by atoms with Crippen LogP contribution in [0.25, 0.3) is 11.0 Å². The Labute approximate surface area is 166 Å². The lowest BCUT2D eigenvalue weighted by Gasteiger charge is -2.11. The summed E-state index contributed by atoms with van der Waals surface area (Å²) < 4.78 is 8.02. The van der Waals surface area contributed by atoms with E-state index in [4.69, 9.17) is 4.74 Å². The monoisotopic (exact) mass is 377 g/mol. The summed E-state index contributed by atoms with van der Waals surface area (Å²) in [5.74, 6) is 1.57. The molecule has 3 aromatic rings. The van der Waals surface area contributed by atoms with Gasteiger partial charge < -0.3 is 14.6 Å². The lowest BCUT2D eigenvalue weighted by atomic mass is 10.2. The number of hydrogen-bond donors (Lipinski definition) is 1. The molecule has 0 saturated carbocycles. The van der Waals surface area contributed by atoms with Crippen molar-refractivity contribution >= 4 is 16.9 Å². The quantitative estimate of drug-likeness (QED) is 0.448. The fourth-order valence-electron chi connectivity index (χ4n) is 3.05. The minimum absolute atomic E-state index is 0.155. The van der Waals surface area contributed by atoms with Crippen molar-refractivity contribution in [2.24, 2.45) is 0 Å². The van der Waals surface area contributed by atoms with Crippen LogP contribution in [-0.2, 0) is 24.3 Å². The summed E-state index contributed by atoms with van der Waals surface area (Å²) >= 11 is 0. The Morgan fingerprint density at radius 1 is 1.18 bits per heavy atom. The predicted molar refractivity (Wildman–Crippen MR) is 112 cm³/mol. The lowest BCUT2D eigenvalue weighted by Crippen LogP contribution is -2.25. The molecule has 5 nitrogen and oxygen atoms in total. The van der Waals surface area contributed by atoms with Gasteiger partial charge in [-0.3, -0.25) is 4.79 Å². The fourth-order valence-corrected chi connectivity index (χ4v) is 3.05. The third-order valence-electron chi connectivity index (χ3n) is 4.65. The molecule has 0 aliphatic rings. The smallest absolute Gasteiger partial charge is 0.246 e. The number of imidazole rings is 1. The Balaban J connectivity index is 1.64. The molecule has 0 spiro atoms. The van der Waals surface area contributed by atoms with E-state index in [2.05, 4.69) is 46.6 Å². The maximum atomic E-state index is 11.8. The van der Waals surface area contributed by atoms with Crippen molar-refractivity contribution in [2.75, 3.05) is 6.61 Å². The van der Waals surface area contributed by atoms with Crippen LogP contribution >= 0.6 is 0 Å². The van der Waals surface area contributed by atoms with E-state index in [0.717, 1.165) is 42.0 Å². The van der Waals surface area contributed by atoms with Gasteiger partial charge >= 0.3 is 0 Å². The van der Waals surface area contributed by atoms with Crippen molar-refractivity contribution in [3.63, 3.8) is 0 Å². The second-order valence-electron chi connectivity index (χ2n) is 6.83. The first kappa shape index (κ1) is 19.7. The van der Waals surface area contributed by atoms with Crippen LogP contribution in [0.3, 0.4) is 0 Å². The minimum atomic E-state index is -0.155. The zero-order chi connectivity index (χ0) is 19.9. The Morgan fingerprint density at radius 2 is 1.93 bits per heavy atom. The number of fused-ring (bicyclic) bond motifs is 1. The van der Waals surface area contributed by atoms with Gasteiger partial charge in [-0.2, -0.15) is 0 Å². The van der Waals surface area contributed by atoms with Crippen LogP contribution in [0.2, 0.25) is 0 Å². The van der Waals surface area contributed by atoms with E-state index < -0.39 is 0 Å². The molecule has 0 unspecified atom stereocenters. The molecule has 28 heavy (non-hydrogen) atoms. The number of hydrogen-bond acceptors (Lipinski definition) is 3. The largest absolute Gasteiger partial charge is 0.494 e. The molecule has 0 saturated heterocycles. The van der Waals surface area contributed by atoms with E-state index in [0.29, 0.717) is 18.7 Å². The third kappa shape index (κ3) is 4.80. The SMILES string of the molecule is C=C(C)C(=O)NCc1nc2ccccc2n1CCCOc1ccc(CC)cc1. The normalized spacial score (nSPS) is 10.8. The summed E-state index contributed by atoms with van der Waals surface area (Å²) in [6, 6.07) is 16.2. The fraction of sp³-hybridized carbons (Fsp3) is 0.304. The summed E-state index contributed by atoms with van der Waals surface area (Å²) in [4.78, 5) is 16.5. The highest BCUT2D eigenvalue weighted by molar-refractivity contribution is 5.92. The number of ether oxygens (including phenoxy) is 1. The number of amides is 1. The Hall–Kier alpha value is -3.08. The Morgan fingerprint density at radius 3 is 2.64 bits per heavy atom. The first-order valence-electron chi connectivity index (χ1n) is 9.68. The summed E-state index contributed by atoms with van der Waals surface area (Å²) in [7, 11) is 0. The molecule has 0 aliphatic carbocycles. The molecule has 1 amide bonds. The van der Waals surface area contributed by atoms with Crippen LogP contribution in [0.1, 0.15) is 31.7 Å². The molecule has 1 N–H and O–H groups in total. The average molecular weight is 377 g/mol. The molecule has 0 atom stereocenters. The minimum Gasteiger partial charge on any atom is -0.494 e. The zero-order valence-electron chi connectivity index (χ0n) is 16.6. The number of aryl methyl sites for hydroxylation is 2. The number of benzene rings is 2. The van der Waals surface area contributed by atoms with Crippen molar-refractivity contribution in [3.05, 3.63) is 72.1 Å². The van der Waals surface area contributed by atoms with Gasteiger partial charge in [0, 0.05) is 12.1 Å². The van der Waals surface area contributed by atoms with E-state index in [1.807, 2.05) is 30.3 Å². The van der Waals surface area contributed by atoms with E-state index in [1.165, 1.54) is 5.56 Å². The molecule has 0 aliphatic heterocycles. The number of aromatic nitrogens is 2. The second kappa shape index (κ2) is 9.22. The van der Waals surface area contributed by atoms with Crippen LogP contribution in [0.15, 0.2) is 60.7 Å². The maximum absolute atomic E-state index is 11.8. The van der Waals surface area contributed by atoms with Crippen LogP contribution in [-0.4, -0.2) is 22.1 Å². The van der Waals surface area contributed by atoms with Gasteiger partial charge in [0.1, 0.15) is 11.6 Å². The molecule has 0 fully saturated rings. The number of nitrogens with one attached hydrogen (secondary N) is 1. The molecule has 1 heterocycles. The van der Waals surface area contributed by atoms with Crippen molar-refractivity contribution in [1.82, 2.24) is 14.9 Å². The van der Waals surface area contributed by atoms with Gasteiger partial charge in [-0.1, -0.05) is 37.8 Å². The van der Waals surface area contributed by atoms with Gasteiger partial charge in [-0.25, -0.2) is 4.98 Å². The summed E-state index contributed by atoms with van der Waals surface area (Å²) in [6.07, 6.45) is 1.87. The number of para-hydroxylation sites is 2. The number of carbonyl (C=O) groups is 1. The van der Waals surface area contributed by atoms with Crippen molar-refractivity contribution in [1.29, 1.82) is 0 Å². The molecular formula is C23H27N3O2. The first-order chi connectivity index (χ1) is 13.6. The van der Waals surface area contributed by atoms with E-state index >= 15 is 0 Å². The van der Waals surface area contributed by atoms with Gasteiger partial charge in [0.15, 0.2) is 0 Å². The standard InChI is InChI=1S/C23H27N3O2/c1-4-18-10-12-19(13-11-18)28-15-7-14-26-21-9-6-5-8-20(21)25-22(26)16-24-23(27)17(2)3/h5-6,8-13H,2,4,7,14-16H2,1,3H3,(H,24,27). The molecule has 3 rings (SSSR count). The highest BCUT2D eigenvalue weighted by Gasteiger charge is 2.11. The molecule has 146 valence electrons. The van der Waals surface area contributed by atoms with Gasteiger partial charge in [-0.05, 0) is 49.6 Å². The molecule has 0 radical (unpaired) electrons. The summed E-state index contributed by atoms with van der Waals surface area (Å²) in [5.41, 5.74) is 3.79. The number of rotatable bonds is 9. The Kier molecular flexibility index (Phi) is 6.48. The van der Waals surface area contributed by atoms with Gasteiger partial charge in [0.25, 0.3) is 0 Å². The van der Waals surface area contributed by atoms with Gasteiger partial charge in [0.2, 0.25) is 5.91 Å². The molecule has 2 aromatic carbocycles. The molecule has 5 heteroatoms. The predicted octanol–water partition coefficient (Wildman–Crippen LogP) is 4.26. The topological polar surface area (TPSA) is 56.2 Å². The molecular weight excluding hydrogens is 350 g/mol. The summed E-state index contributed by atoms with van der Waals surface area (Å²) in [5, 5.41) is 2.87. The van der Waals surface area contributed by atoms with E-state index in [9.17, 15) is 4.79 Å². The van der Waals surface area contributed by atoms with E-state index in [1.54, 1.807) is 6.92 Å². The van der Waals surface area contributed by atoms with Crippen molar-refractivity contribution < 1.29 is 9.53 Å². The summed E-state index contributed by atoms with van der Waals surface area (Å²) in [6.45, 7) is 9.28. The van der Waals surface area contributed by atoms with E-state index in [-0.39, 0.29) is 5.91 Å². The number of carbonyl (C=O) groups excluding carboxylic acids is 1. The lowest BCUT2D eigenvalue weighted by molar-refractivity contribution is -0.117. The maximum Gasteiger partial charge on any atom is 0.246 e. The van der Waals surface area contributed by atoms with Crippen LogP contribution in [0.5, 0.6) is 5.75 Å². The highest BCUT2D eigenvalue weighted by Crippen LogP contribution is 2.17. The third-order valence-corrected chi connectivity index (χ3v) is 4.65. The van der Waals surface area contributed by atoms with Crippen molar-refractivity contribution in [2.45, 2.75) is 39.8 Å². The van der Waals surface area contributed by atoms with Crippen LogP contribution in [0, 0.1) is 0 Å². The zero-order valence-corrected chi connectivity index (χ0v) is 16.6. The second-order valence-corrected chi connectivity index (χ2v) is 6.83. The number of nitrogens with zero attached hydrogens (tertiary/aromatic N) is 2. The van der Waals surface area contributed by atoms with Gasteiger partial charge in [-0.15, -0.1) is 0 Å². The highest BCUT2D eigenvalue weighted by atomic mass is 16.5. The molecule has 0 bridgehead atoms. The van der Waals surface area contributed by atoms with Crippen LogP contribution < -0.4 is 10.1 Å². The first-order valence-corrected chi connectivity index (χ1v) is 9.68. The average Bonchev–Trinajstić information content (AvgIpc) is 3.07. The van der Waals surface area contributed by atoms with Crippen LogP contribution in [0.4, 0.5) is 0 Å².